The molecule has 1 aromatic rings. The zero-order valence-corrected chi connectivity index (χ0v) is 12.5. The first kappa shape index (κ1) is 15.1. The van der Waals surface area contributed by atoms with Crippen molar-refractivity contribution < 1.29 is 13.2 Å². The second kappa shape index (κ2) is 6.31. The molecule has 0 unspecified atom stereocenters. The van der Waals surface area contributed by atoms with Crippen LogP contribution in [-0.2, 0) is 14.8 Å². The number of halogens is 1. The molecular formula is C11H15BrN2O3S. The number of carbonyl (C=O) groups is 1. The van der Waals surface area contributed by atoms with Crippen LogP contribution in [0, 0.1) is 0 Å². The normalized spacial score (nSPS) is 13.1. The molecule has 5 nitrogen and oxygen atoms in total. The minimum Gasteiger partial charge on any atom is -0.355 e. The van der Waals surface area contributed by atoms with Crippen molar-refractivity contribution in [3.8, 4) is 0 Å². The first-order valence-electron chi connectivity index (χ1n) is 5.42. The Morgan fingerprint density at radius 2 is 2.11 bits per heavy atom. The lowest BCUT2D eigenvalue weighted by molar-refractivity contribution is -0.122. The van der Waals surface area contributed by atoms with E-state index in [1.165, 1.54) is 19.1 Å². The summed E-state index contributed by atoms with van der Waals surface area (Å²) in [5, 5.41) is 2.56. The molecule has 7 heteroatoms. The summed E-state index contributed by atoms with van der Waals surface area (Å²) >= 11 is 3.20. The van der Waals surface area contributed by atoms with Crippen LogP contribution in [0.3, 0.4) is 0 Å². The van der Waals surface area contributed by atoms with Gasteiger partial charge < -0.3 is 5.32 Å². The van der Waals surface area contributed by atoms with E-state index in [1.807, 2.05) is 0 Å². The number of rotatable bonds is 5. The van der Waals surface area contributed by atoms with Crippen LogP contribution in [0.5, 0.6) is 0 Å². The van der Waals surface area contributed by atoms with E-state index >= 15 is 0 Å². The van der Waals surface area contributed by atoms with Crippen LogP contribution in [0.15, 0.2) is 33.6 Å². The van der Waals surface area contributed by atoms with Crippen LogP contribution >= 0.6 is 15.9 Å². The zero-order valence-electron chi connectivity index (χ0n) is 10.1. The molecule has 0 spiro atoms. The minimum atomic E-state index is -3.69. The van der Waals surface area contributed by atoms with Gasteiger partial charge in [0, 0.05) is 11.0 Å². The lowest BCUT2D eigenvalue weighted by Gasteiger charge is -2.13. The Labute approximate surface area is 115 Å². The van der Waals surface area contributed by atoms with E-state index in [0.717, 1.165) is 0 Å². The fourth-order valence-electron chi connectivity index (χ4n) is 1.32. The summed E-state index contributed by atoms with van der Waals surface area (Å²) in [7, 11) is -3.69. The van der Waals surface area contributed by atoms with Gasteiger partial charge in [0.15, 0.2) is 0 Å². The van der Waals surface area contributed by atoms with Crippen molar-refractivity contribution in [2.75, 3.05) is 6.54 Å². The molecule has 0 aliphatic carbocycles. The molecule has 0 radical (unpaired) electrons. The van der Waals surface area contributed by atoms with Gasteiger partial charge in [0.05, 0.1) is 10.9 Å². The molecule has 0 fully saturated rings. The SMILES string of the molecule is CCNC(=O)[C@@H](C)NS(=O)(=O)c1cccc(Br)c1. The van der Waals surface area contributed by atoms with Gasteiger partial charge in [0.2, 0.25) is 15.9 Å². The Morgan fingerprint density at radius 3 is 2.67 bits per heavy atom. The number of amides is 1. The van der Waals surface area contributed by atoms with Crippen molar-refractivity contribution in [2.45, 2.75) is 24.8 Å². The topological polar surface area (TPSA) is 75.3 Å². The molecule has 0 aliphatic heterocycles. The first-order chi connectivity index (χ1) is 8.36. The van der Waals surface area contributed by atoms with E-state index in [0.29, 0.717) is 11.0 Å². The Morgan fingerprint density at radius 1 is 1.44 bits per heavy atom. The van der Waals surface area contributed by atoms with Crippen LogP contribution in [0.4, 0.5) is 0 Å². The first-order valence-corrected chi connectivity index (χ1v) is 7.70. The Kier molecular flexibility index (Phi) is 5.30. The lowest BCUT2D eigenvalue weighted by Crippen LogP contribution is -2.44. The molecule has 1 atom stereocenters. The summed E-state index contributed by atoms with van der Waals surface area (Å²) in [6, 6.07) is 5.49. The highest BCUT2D eigenvalue weighted by Gasteiger charge is 2.21. The van der Waals surface area contributed by atoms with Crippen LogP contribution in [0.1, 0.15) is 13.8 Å². The van der Waals surface area contributed by atoms with Gasteiger partial charge >= 0.3 is 0 Å². The molecule has 2 N–H and O–H groups in total. The van der Waals surface area contributed by atoms with Gasteiger partial charge in [-0.05, 0) is 32.0 Å². The largest absolute Gasteiger partial charge is 0.355 e. The minimum absolute atomic E-state index is 0.119. The highest BCUT2D eigenvalue weighted by molar-refractivity contribution is 9.10. The molecule has 0 heterocycles. The summed E-state index contributed by atoms with van der Waals surface area (Å²) in [5.74, 6) is -0.351. The number of hydrogen-bond acceptors (Lipinski definition) is 3. The summed E-state index contributed by atoms with van der Waals surface area (Å²) in [6.07, 6.45) is 0. The number of hydrogen-bond donors (Lipinski definition) is 2. The predicted octanol–water partition coefficient (Wildman–Crippen LogP) is 1.25. The highest BCUT2D eigenvalue weighted by atomic mass is 79.9. The van der Waals surface area contributed by atoms with Gasteiger partial charge in [0.1, 0.15) is 0 Å². The van der Waals surface area contributed by atoms with Gasteiger partial charge in [0.25, 0.3) is 0 Å². The van der Waals surface area contributed by atoms with Gasteiger partial charge in [-0.25, -0.2) is 8.42 Å². The second-order valence-electron chi connectivity index (χ2n) is 3.69. The molecule has 0 bridgehead atoms. The quantitative estimate of drug-likeness (QED) is 0.850. The molecule has 18 heavy (non-hydrogen) atoms. The molecule has 100 valence electrons. The van der Waals surface area contributed by atoms with Crippen LogP contribution < -0.4 is 10.0 Å². The monoisotopic (exact) mass is 334 g/mol. The van der Waals surface area contributed by atoms with Crippen molar-refractivity contribution in [1.82, 2.24) is 10.0 Å². The van der Waals surface area contributed by atoms with Gasteiger partial charge in [-0.15, -0.1) is 0 Å². The van der Waals surface area contributed by atoms with Crippen molar-refractivity contribution in [3.63, 3.8) is 0 Å². The Balaban J connectivity index is 2.86. The maximum absolute atomic E-state index is 12.0. The number of carbonyl (C=O) groups excluding carboxylic acids is 1. The van der Waals surface area contributed by atoms with E-state index in [9.17, 15) is 13.2 Å². The molecule has 0 saturated heterocycles. The summed E-state index contributed by atoms with van der Waals surface area (Å²) in [6.45, 7) is 3.73. The van der Waals surface area contributed by atoms with E-state index < -0.39 is 16.1 Å². The second-order valence-corrected chi connectivity index (χ2v) is 6.32. The average Bonchev–Trinajstić information content (AvgIpc) is 2.28. The third-order valence-electron chi connectivity index (χ3n) is 2.18. The van der Waals surface area contributed by atoms with Crippen molar-refractivity contribution in [2.24, 2.45) is 0 Å². The maximum atomic E-state index is 12.0. The summed E-state index contributed by atoms with van der Waals surface area (Å²) < 4.78 is 27.0. The Bertz CT molecular complexity index is 531. The third-order valence-corrected chi connectivity index (χ3v) is 4.21. The molecule has 1 amide bonds. The number of likely N-dealkylation sites (N-methyl/N-ethyl adjacent to an activating group) is 1. The summed E-state index contributed by atoms with van der Waals surface area (Å²) in [4.78, 5) is 11.6. The van der Waals surface area contributed by atoms with E-state index in [4.69, 9.17) is 0 Å². The fourth-order valence-corrected chi connectivity index (χ4v) is 3.11. The van der Waals surface area contributed by atoms with Crippen LogP contribution in [-0.4, -0.2) is 26.9 Å². The predicted molar refractivity (Wildman–Crippen MR) is 72.6 cm³/mol. The molecule has 0 aliphatic rings. The maximum Gasteiger partial charge on any atom is 0.241 e. The smallest absolute Gasteiger partial charge is 0.241 e. The third kappa shape index (κ3) is 4.08. The number of nitrogens with one attached hydrogen (secondary N) is 2. The molecule has 1 aromatic carbocycles. The number of benzene rings is 1. The molecular weight excluding hydrogens is 320 g/mol. The summed E-state index contributed by atoms with van der Waals surface area (Å²) in [5.41, 5.74) is 0. The van der Waals surface area contributed by atoms with Gasteiger partial charge in [-0.3, -0.25) is 4.79 Å². The standard InChI is InChI=1S/C11H15BrN2O3S/c1-3-13-11(15)8(2)14-18(16,17)10-6-4-5-9(12)7-10/h4-8,14H,3H2,1-2H3,(H,13,15)/t8-/m1/s1. The molecule has 0 aromatic heterocycles. The average molecular weight is 335 g/mol. The van der Waals surface area contributed by atoms with Crippen molar-refractivity contribution in [1.29, 1.82) is 0 Å². The lowest BCUT2D eigenvalue weighted by atomic mass is 10.3. The van der Waals surface area contributed by atoms with E-state index in [1.54, 1.807) is 19.1 Å². The fraction of sp³-hybridized carbons (Fsp3) is 0.364. The zero-order chi connectivity index (χ0) is 13.8. The number of sulfonamides is 1. The van der Waals surface area contributed by atoms with Crippen LogP contribution in [0.2, 0.25) is 0 Å². The highest BCUT2D eigenvalue weighted by Crippen LogP contribution is 2.16. The Hall–Kier alpha value is -0.920. The molecule has 1 rings (SSSR count). The van der Waals surface area contributed by atoms with Gasteiger partial charge in [-0.2, -0.15) is 4.72 Å². The van der Waals surface area contributed by atoms with Gasteiger partial charge in [-0.1, -0.05) is 22.0 Å². The van der Waals surface area contributed by atoms with Crippen LogP contribution in [0.25, 0.3) is 0 Å². The molecule has 0 saturated carbocycles. The van der Waals surface area contributed by atoms with Crippen molar-refractivity contribution in [3.05, 3.63) is 28.7 Å². The van der Waals surface area contributed by atoms with E-state index in [2.05, 4.69) is 26.0 Å². The van der Waals surface area contributed by atoms with E-state index in [-0.39, 0.29) is 10.8 Å². The van der Waals surface area contributed by atoms with Crippen molar-refractivity contribution >= 4 is 31.9 Å².